The second kappa shape index (κ2) is 3.55. The second-order valence-corrected chi connectivity index (χ2v) is 3.62. The number of rotatable bonds is 2. The summed E-state index contributed by atoms with van der Waals surface area (Å²) in [6.45, 7) is 8.32. The third kappa shape index (κ3) is 2.80. The molecule has 2 nitrogen and oxygen atoms in total. The first-order chi connectivity index (χ1) is 5.14. The lowest BCUT2D eigenvalue weighted by atomic mass is 9.94. The van der Waals surface area contributed by atoms with Gasteiger partial charge in [0.2, 0.25) is 0 Å². The molecule has 0 atom stereocenters. The van der Waals surface area contributed by atoms with E-state index in [2.05, 4.69) is 18.4 Å². The van der Waals surface area contributed by atoms with Crippen LogP contribution in [-0.2, 0) is 0 Å². The van der Waals surface area contributed by atoms with Gasteiger partial charge in [0.05, 0.1) is 5.60 Å². The summed E-state index contributed by atoms with van der Waals surface area (Å²) < 4.78 is 0. The number of nitrogens with zero attached hydrogens (tertiary/aromatic N) is 1. The molecule has 1 rings (SSSR count). The van der Waals surface area contributed by atoms with E-state index in [9.17, 15) is 5.11 Å². The van der Waals surface area contributed by atoms with Gasteiger partial charge in [-0.05, 0) is 26.2 Å². The van der Waals surface area contributed by atoms with E-state index in [1.165, 1.54) is 0 Å². The van der Waals surface area contributed by atoms with Crippen LogP contribution in [0.5, 0.6) is 0 Å². The fourth-order valence-corrected chi connectivity index (χ4v) is 1.45. The molecule has 1 radical (unpaired) electrons. The summed E-state index contributed by atoms with van der Waals surface area (Å²) in [5.74, 6) is 0. The number of hydrogen-bond acceptors (Lipinski definition) is 2. The molecule has 0 aliphatic carbocycles. The van der Waals surface area contributed by atoms with Gasteiger partial charge in [0.15, 0.2) is 0 Å². The molecule has 1 heterocycles. The lowest BCUT2D eigenvalue weighted by molar-refractivity contribution is 0.00119. The quantitative estimate of drug-likeness (QED) is 0.653. The predicted molar refractivity (Wildman–Crippen MR) is 46.0 cm³/mol. The van der Waals surface area contributed by atoms with Gasteiger partial charge in [-0.1, -0.05) is 6.92 Å². The SMILES string of the molecule is CC[CH]N1CCC(C)(O)CC1. The van der Waals surface area contributed by atoms with Crippen molar-refractivity contribution < 1.29 is 5.11 Å². The Balaban J connectivity index is 2.25. The maximum Gasteiger partial charge on any atom is 0.0644 e. The molecule has 0 saturated carbocycles. The van der Waals surface area contributed by atoms with Gasteiger partial charge in [-0.3, -0.25) is 4.90 Å². The van der Waals surface area contributed by atoms with Gasteiger partial charge >= 0.3 is 0 Å². The van der Waals surface area contributed by atoms with Crippen LogP contribution in [0.25, 0.3) is 0 Å². The first-order valence-electron chi connectivity index (χ1n) is 4.44. The summed E-state index contributed by atoms with van der Waals surface area (Å²) in [6, 6.07) is 0. The van der Waals surface area contributed by atoms with Crippen molar-refractivity contribution in [3.05, 3.63) is 6.54 Å². The Hall–Kier alpha value is -0.0800. The molecule has 1 aliphatic rings. The molecule has 1 saturated heterocycles. The fraction of sp³-hybridized carbons (Fsp3) is 0.889. The van der Waals surface area contributed by atoms with Gasteiger partial charge < -0.3 is 5.11 Å². The van der Waals surface area contributed by atoms with Crippen LogP contribution in [0.4, 0.5) is 0 Å². The van der Waals surface area contributed by atoms with Crippen molar-refractivity contribution in [1.82, 2.24) is 4.90 Å². The van der Waals surface area contributed by atoms with E-state index in [0.717, 1.165) is 32.4 Å². The summed E-state index contributed by atoms with van der Waals surface area (Å²) in [4.78, 5) is 2.30. The summed E-state index contributed by atoms with van der Waals surface area (Å²) in [6.07, 6.45) is 2.91. The minimum atomic E-state index is -0.405. The Morgan fingerprint density at radius 1 is 1.45 bits per heavy atom. The Labute approximate surface area is 69.2 Å². The van der Waals surface area contributed by atoms with E-state index in [0.29, 0.717) is 0 Å². The molecule has 11 heavy (non-hydrogen) atoms. The third-order valence-corrected chi connectivity index (χ3v) is 2.32. The van der Waals surface area contributed by atoms with Crippen LogP contribution in [0, 0.1) is 6.54 Å². The van der Waals surface area contributed by atoms with Crippen molar-refractivity contribution in [2.24, 2.45) is 0 Å². The molecule has 0 amide bonds. The van der Waals surface area contributed by atoms with Crippen LogP contribution in [0.1, 0.15) is 33.1 Å². The van der Waals surface area contributed by atoms with Crippen molar-refractivity contribution >= 4 is 0 Å². The molecule has 0 aromatic carbocycles. The summed E-state index contributed by atoms with van der Waals surface area (Å²) >= 11 is 0. The lowest BCUT2D eigenvalue weighted by Crippen LogP contribution is -2.41. The van der Waals surface area contributed by atoms with Crippen molar-refractivity contribution in [3.8, 4) is 0 Å². The minimum Gasteiger partial charge on any atom is -0.390 e. The zero-order chi connectivity index (χ0) is 8.32. The van der Waals surface area contributed by atoms with E-state index in [4.69, 9.17) is 0 Å². The highest BCUT2D eigenvalue weighted by molar-refractivity contribution is 4.83. The summed E-state index contributed by atoms with van der Waals surface area (Å²) in [7, 11) is 0. The van der Waals surface area contributed by atoms with Crippen LogP contribution in [-0.4, -0.2) is 28.7 Å². The Kier molecular flexibility index (Phi) is 2.90. The fourth-order valence-electron chi connectivity index (χ4n) is 1.45. The first kappa shape index (κ1) is 9.01. The molecule has 1 N–H and O–H groups in total. The molecule has 1 fully saturated rings. The van der Waals surface area contributed by atoms with Crippen molar-refractivity contribution in [2.45, 2.75) is 38.7 Å². The van der Waals surface area contributed by atoms with Crippen molar-refractivity contribution in [3.63, 3.8) is 0 Å². The highest BCUT2D eigenvalue weighted by Gasteiger charge is 2.26. The number of hydrogen-bond donors (Lipinski definition) is 1. The first-order valence-corrected chi connectivity index (χ1v) is 4.44. The van der Waals surface area contributed by atoms with Gasteiger partial charge in [0.1, 0.15) is 0 Å². The van der Waals surface area contributed by atoms with Gasteiger partial charge in [-0.2, -0.15) is 0 Å². The monoisotopic (exact) mass is 156 g/mol. The third-order valence-electron chi connectivity index (χ3n) is 2.32. The molecular formula is C9H18NO. The van der Waals surface area contributed by atoms with Crippen molar-refractivity contribution in [1.29, 1.82) is 0 Å². The molecule has 0 aromatic rings. The van der Waals surface area contributed by atoms with Crippen LogP contribution in [0.15, 0.2) is 0 Å². The van der Waals surface area contributed by atoms with E-state index >= 15 is 0 Å². The smallest absolute Gasteiger partial charge is 0.0644 e. The number of aliphatic hydroxyl groups is 1. The molecule has 65 valence electrons. The summed E-state index contributed by atoms with van der Waals surface area (Å²) in [5.41, 5.74) is -0.405. The largest absolute Gasteiger partial charge is 0.390 e. The van der Waals surface area contributed by atoms with Crippen LogP contribution in [0.2, 0.25) is 0 Å². The topological polar surface area (TPSA) is 23.5 Å². The second-order valence-electron chi connectivity index (χ2n) is 3.62. The van der Waals surface area contributed by atoms with Crippen LogP contribution < -0.4 is 0 Å². The lowest BCUT2D eigenvalue weighted by Gasteiger charge is -2.35. The van der Waals surface area contributed by atoms with E-state index in [-0.39, 0.29) is 0 Å². The standard InChI is InChI=1S/C9H18NO/c1-3-6-10-7-4-9(2,11)5-8-10/h6,11H,3-5,7-8H2,1-2H3. The number of likely N-dealkylation sites (tertiary alicyclic amines) is 1. The Bertz CT molecular complexity index is 113. The number of piperidine rings is 1. The van der Waals surface area contributed by atoms with E-state index in [1.54, 1.807) is 0 Å². The predicted octanol–water partition coefficient (Wildman–Crippen LogP) is 1.40. The molecule has 0 bridgehead atoms. The van der Waals surface area contributed by atoms with Crippen LogP contribution >= 0.6 is 0 Å². The van der Waals surface area contributed by atoms with E-state index in [1.807, 2.05) is 6.92 Å². The maximum absolute atomic E-state index is 9.62. The van der Waals surface area contributed by atoms with Gasteiger partial charge in [-0.15, -0.1) is 0 Å². The minimum absolute atomic E-state index is 0.405. The van der Waals surface area contributed by atoms with Crippen molar-refractivity contribution in [2.75, 3.05) is 13.1 Å². The Morgan fingerprint density at radius 3 is 2.45 bits per heavy atom. The van der Waals surface area contributed by atoms with Gasteiger partial charge in [0, 0.05) is 19.6 Å². The average Bonchev–Trinajstić information content (AvgIpc) is 1.94. The maximum atomic E-state index is 9.62. The highest BCUT2D eigenvalue weighted by atomic mass is 16.3. The zero-order valence-electron chi connectivity index (χ0n) is 7.51. The normalized spacial score (nSPS) is 25.4. The summed E-state index contributed by atoms with van der Waals surface area (Å²) in [5, 5.41) is 9.62. The molecule has 0 aromatic heterocycles. The zero-order valence-corrected chi connectivity index (χ0v) is 7.51. The molecule has 0 unspecified atom stereocenters. The highest BCUT2D eigenvalue weighted by Crippen LogP contribution is 2.21. The average molecular weight is 156 g/mol. The van der Waals surface area contributed by atoms with E-state index < -0.39 is 5.60 Å². The molecular weight excluding hydrogens is 138 g/mol. The van der Waals surface area contributed by atoms with Crippen LogP contribution in [0.3, 0.4) is 0 Å². The van der Waals surface area contributed by atoms with Gasteiger partial charge in [-0.25, -0.2) is 0 Å². The molecule has 2 heteroatoms. The molecule has 1 aliphatic heterocycles. The molecule has 0 spiro atoms. The van der Waals surface area contributed by atoms with Gasteiger partial charge in [0.25, 0.3) is 0 Å². The Morgan fingerprint density at radius 2 is 2.00 bits per heavy atom.